The van der Waals surface area contributed by atoms with E-state index >= 15 is 0 Å². The molecule has 1 fully saturated rings. The maximum Gasteiger partial charge on any atom is 0.289 e. The summed E-state index contributed by atoms with van der Waals surface area (Å²) in [4.78, 5) is 23.0. The molecule has 1 aliphatic rings. The quantitative estimate of drug-likeness (QED) is 0.267. The Bertz CT molecular complexity index is 1410. The van der Waals surface area contributed by atoms with E-state index in [0.717, 1.165) is 49.1 Å². The summed E-state index contributed by atoms with van der Waals surface area (Å²) < 4.78 is 71.0. The van der Waals surface area contributed by atoms with Crippen LogP contribution in [0.15, 0.2) is 30.7 Å². The van der Waals surface area contributed by atoms with Crippen molar-refractivity contribution in [3.63, 3.8) is 0 Å². The number of rotatable bonds is 4. The van der Waals surface area contributed by atoms with E-state index in [0.29, 0.717) is 23.8 Å². The van der Waals surface area contributed by atoms with Crippen LogP contribution < -0.4 is 0 Å². The number of nitrogens with zero attached hydrogens (tertiary/aromatic N) is 6. The summed E-state index contributed by atoms with van der Waals surface area (Å²) in [6.07, 6.45) is 3.08. The molecule has 5 heterocycles. The number of aromatic nitrogens is 5. The van der Waals surface area contributed by atoms with Gasteiger partial charge in [-0.15, -0.1) is 0 Å². The molecule has 1 atom stereocenters. The number of hydrogen-bond donors (Lipinski definition) is 0. The topological polar surface area (TPSA) is 68.3 Å². The number of pyridine rings is 2. The Kier molecular flexibility index (Phi) is 9.05. The molecule has 1 unspecified atom stereocenters. The minimum absolute atomic E-state index is 0. The van der Waals surface area contributed by atoms with Crippen LogP contribution in [0.25, 0.3) is 27.9 Å². The highest BCUT2D eigenvalue weighted by atomic mass is 19.3. The monoisotopic (exact) mass is 538 g/mol. The molecular weight excluding hydrogens is 507 g/mol. The molecular formula is C26H31F5N6O. The van der Waals surface area contributed by atoms with Gasteiger partial charge >= 0.3 is 0 Å². The lowest BCUT2D eigenvalue weighted by atomic mass is 10.1. The van der Waals surface area contributed by atoms with Gasteiger partial charge in [-0.3, -0.25) is 14.2 Å². The predicted molar refractivity (Wildman–Crippen MR) is 135 cm³/mol. The molecule has 0 saturated carbocycles. The molecule has 4 aromatic heterocycles. The van der Waals surface area contributed by atoms with Crippen LogP contribution >= 0.6 is 0 Å². The van der Waals surface area contributed by atoms with Gasteiger partial charge in [0.2, 0.25) is 0 Å². The van der Waals surface area contributed by atoms with Crippen LogP contribution in [0, 0.1) is 11.6 Å². The van der Waals surface area contributed by atoms with Crippen molar-refractivity contribution in [2.75, 3.05) is 13.1 Å². The summed E-state index contributed by atoms with van der Waals surface area (Å²) in [6.45, 7) is 1.09. The van der Waals surface area contributed by atoms with Crippen LogP contribution in [-0.4, -0.2) is 54.5 Å². The van der Waals surface area contributed by atoms with Crippen molar-refractivity contribution in [2.45, 2.75) is 66.1 Å². The van der Waals surface area contributed by atoms with Gasteiger partial charge in [-0.05, 0) is 18.9 Å². The number of carbonyl (C=O) groups excluding carboxylic acids is 1. The SMILES string of the molecule is C.C.O=C(c1cc2c(cn1)c(-c1cnc3c(F)cc(F)cn13)nn2C(F)C(F)F)N1CCCCCCCC1. The molecule has 5 rings (SSSR count). The van der Waals surface area contributed by atoms with E-state index in [4.69, 9.17) is 0 Å². The third-order valence-corrected chi connectivity index (χ3v) is 6.42. The number of amides is 1. The lowest BCUT2D eigenvalue weighted by Gasteiger charge is -2.21. The van der Waals surface area contributed by atoms with E-state index in [1.54, 1.807) is 4.90 Å². The second-order valence-electron chi connectivity index (χ2n) is 8.84. The normalized spacial score (nSPS) is 15.5. The van der Waals surface area contributed by atoms with Crippen molar-refractivity contribution in [3.05, 3.63) is 48.1 Å². The maximum atomic E-state index is 14.6. The van der Waals surface area contributed by atoms with E-state index in [2.05, 4.69) is 15.1 Å². The smallest absolute Gasteiger partial charge is 0.289 e. The van der Waals surface area contributed by atoms with Crippen molar-refractivity contribution in [1.82, 2.24) is 29.0 Å². The van der Waals surface area contributed by atoms with Crippen LogP contribution in [0.2, 0.25) is 0 Å². The Balaban J connectivity index is 0.00000200. The fourth-order valence-electron chi connectivity index (χ4n) is 4.61. The highest BCUT2D eigenvalue weighted by molar-refractivity contribution is 5.99. The summed E-state index contributed by atoms with van der Waals surface area (Å²) in [5.74, 6) is -2.20. The fraction of sp³-hybridized carbons (Fsp3) is 0.462. The van der Waals surface area contributed by atoms with Gasteiger partial charge < -0.3 is 4.90 Å². The first-order chi connectivity index (χ1) is 17.3. The van der Waals surface area contributed by atoms with Crippen LogP contribution in [-0.2, 0) is 0 Å². The van der Waals surface area contributed by atoms with E-state index in [1.165, 1.54) is 18.5 Å². The first-order valence-corrected chi connectivity index (χ1v) is 11.8. The van der Waals surface area contributed by atoms with E-state index < -0.39 is 24.4 Å². The Morgan fingerprint density at radius 3 is 2.21 bits per heavy atom. The van der Waals surface area contributed by atoms with Crippen molar-refractivity contribution in [3.8, 4) is 11.4 Å². The highest BCUT2D eigenvalue weighted by Crippen LogP contribution is 2.33. The molecule has 1 saturated heterocycles. The van der Waals surface area contributed by atoms with Gasteiger partial charge in [0, 0.05) is 36.9 Å². The molecule has 4 aromatic rings. The van der Waals surface area contributed by atoms with Gasteiger partial charge in [0.05, 0.1) is 17.4 Å². The van der Waals surface area contributed by atoms with Gasteiger partial charge in [0.15, 0.2) is 11.5 Å². The number of alkyl halides is 3. The van der Waals surface area contributed by atoms with Crippen molar-refractivity contribution in [2.24, 2.45) is 0 Å². The number of halogens is 5. The molecule has 0 aliphatic carbocycles. The molecule has 0 bridgehead atoms. The fourth-order valence-corrected chi connectivity index (χ4v) is 4.61. The first-order valence-electron chi connectivity index (χ1n) is 11.8. The van der Waals surface area contributed by atoms with E-state index in [1.807, 2.05) is 0 Å². The summed E-state index contributed by atoms with van der Waals surface area (Å²) in [7, 11) is 0. The lowest BCUT2D eigenvalue weighted by molar-refractivity contribution is 0.00356. The minimum atomic E-state index is -3.40. The van der Waals surface area contributed by atoms with E-state index in [9.17, 15) is 26.7 Å². The van der Waals surface area contributed by atoms with Crippen LogP contribution in [0.3, 0.4) is 0 Å². The molecule has 0 aromatic carbocycles. The van der Waals surface area contributed by atoms with Crippen LogP contribution in [0.1, 0.15) is 70.2 Å². The van der Waals surface area contributed by atoms with Crippen molar-refractivity contribution < 1.29 is 26.7 Å². The average molecular weight is 539 g/mol. The number of carbonyl (C=O) groups is 1. The molecule has 1 aliphatic heterocycles. The predicted octanol–water partition coefficient (Wildman–Crippen LogP) is 6.83. The number of imidazole rings is 1. The Morgan fingerprint density at radius 1 is 0.895 bits per heavy atom. The Morgan fingerprint density at radius 2 is 1.55 bits per heavy atom. The van der Waals surface area contributed by atoms with Crippen LogP contribution in [0.5, 0.6) is 0 Å². The summed E-state index contributed by atoms with van der Waals surface area (Å²) in [6, 6.07) is 1.89. The molecule has 0 radical (unpaired) electrons. The summed E-state index contributed by atoms with van der Waals surface area (Å²) in [5, 5.41) is 4.14. The first kappa shape index (κ1) is 29.0. The summed E-state index contributed by atoms with van der Waals surface area (Å²) in [5.41, 5.74) is -0.333. The van der Waals surface area contributed by atoms with Gasteiger partial charge in [-0.25, -0.2) is 31.6 Å². The zero-order valence-corrected chi connectivity index (χ0v) is 19.2. The van der Waals surface area contributed by atoms with Crippen molar-refractivity contribution in [1.29, 1.82) is 0 Å². The zero-order valence-electron chi connectivity index (χ0n) is 19.2. The van der Waals surface area contributed by atoms with E-state index in [-0.39, 0.29) is 54.4 Å². The molecule has 1 amide bonds. The van der Waals surface area contributed by atoms with Gasteiger partial charge in [0.1, 0.15) is 17.2 Å². The minimum Gasteiger partial charge on any atom is -0.337 e. The molecule has 0 spiro atoms. The second-order valence-corrected chi connectivity index (χ2v) is 8.84. The average Bonchev–Trinajstić information content (AvgIpc) is 3.47. The summed E-state index contributed by atoms with van der Waals surface area (Å²) >= 11 is 0. The largest absolute Gasteiger partial charge is 0.337 e. The third kappa shape index (κ3) is 5.34. The number of fused-ring (bicyclic) bond motifs is 2. The van der Waals surface area contributed by atoms with Gasteiger partial charge in [-0.2, -0.15) is 5.10 Å². The van der Waals surface area contributed by atoms with Crippen molar-refractivity contribution >= 4 is 22.5 Å². The van der Waals surface area contributed by atoms with Gasteiger partial charge in [0.25, 0.3) is 18.6 Å². The Hall–Kier alpha value is -3.57. The lowest BCUT2D eigenvalue weighted by Crippen LogP contribution is -2.33. The zero-order chi connectivity index (χ0) is 25.4. The highest BCUT2D eigenvalue weighted by Gasteiger charge is 2.29. The molecule has 206 valence electrons. The molecule has 12 heteroatoms. The second kappa shape index (κ2) is 11.9. The maximum absolute atomic E-state index is 14.6. The number of hydrogen-bond acceptors (Lipinski definition) is 4. The standard InChI is InChI=1S/C24H23F5N6O.2CH4/c25-14-9-16(26)23-31-12-19(34(23)13-14)20-15-11-30-17(10-18(15)35(32-20)22(29)21(27)28)24(36)33-7-5-3-1-2-4-6-8-33;;/h9-13,21-22H,1-8H2;2*1H4. The van der Waals surface area contributed by atoms with Gasteiger partial charge in [-0.1, -0.05) is 40.5 Å². The van der Waals surface area contributed by atoms with Crippen LogP contribution in [0.4, 0.5) is 22.0 Å². The molecule has 7 nitrogen and oxygen atoms in total. The third-order valence-electron chi connectivity index (χ3n) is 6.42. The Labute approximate surface area is 217 Å². The molecule has 38 heavy (non-hydrogen) atoms. The molecule has 0 N–H and O–H groups in total.